The maximum atomic E-state index is 11.5. The van der Waals surface area contributed by atoms with Crippen LogP contribution in [0.15, 0.2) is 47.3 Å². The summed E-state index contributed by atoms with van der Waals surface area (Å²) in [5.41, 5.74) is 2.95. The minimum absolute atomic E-state index is 0.132. The van der Waals surface area contributed by atoms with Gasteiger partial charge in [0.25, 0.3) is 0 Å². The highest BCUT2D eigenvalue weighted by atomic mass is 32.1. The molecule has 0 saturated heterocycles. The second-order valence-electron chi connectivity index (χ2n) is 6.52. The first kappa shape index (κ1) is 19.6. The van der Waals surface area contributed by atoms with Gasteiger partial charge >= 0.3 is 4.87 Å². The van der Waals surface area contributed by atoms with Crippen molar-refractivity contribution in [3.05, 3.63) is 63.3 Å². The van der Waals surface area contributed by atoms with Gasteiger partial charge in [-0.05, 0) is 56.0 Å². The molecule has 0 spiro atoms. The number of fused-ring (bicyclic) bond motifs is 1. The minimum atomic E-state index is -0.132. The molecule has 0 aliphatic heterocycles. The first-order valence-electron chi connectivity index (χ1n) is 9.40. The van der Waals surface area contributed by atoms with E-state index in [1.54, 1.807) is 6.07 Å². The predicted molar refractivity (Wildman–Crippen MR) is 111 cm³/mol. The van der Waals surface area contributed by atoms with Crippen molar-refractivity contribution < 1.29 is 9.84 Å². The highest BCUT2D eigenvalue weighted by Gasteiger charge is 2.09. The molecule has 27 heavy (non-hydrogen) atoms. The number of aromatic hydroxyl groups is 1. The topological polar surface area (TPSA) is 74.4 Å². The highest BCUT2D eigenvalue weighted by molar-refractivity contribution is 7.16. The number of phenols is 1. The van der Waals surface area contributed by atoms with E-state index in [-0.39, 0.29) is 10.6 Å². The number of aromatic nitrogens is 1. The van der Waals surface area contributed by atoms with Gasteiger partial charge in [-0.25, -0.2) is 0 Å². The Labute approximate surface area is 163 Å². The van der Waals surface area contributed by atoms with E-state index >= 15 is 0 Å². The fraction of sp³-hybridized carbons (Fsp3) is 0.381. The number of rotatable bonds is 11. The molecule has 3 N–H and O–H groups in total. The van der Waals surface area contributed by atoms with Gasteiger partial charge in [0.15, 0.2) is 0 Å². The first-order chi connectivity index (χ1) is 13.2. The minimum Gasteiger partial charge on any atom is -0.506 e. The molecule has 3 rings (SSSR count). The normalized spacial score (nSPS) is 11.3. The van der Waals surface area contributed by atoms with Gasteiger partial charge in [0.2, 0.25) is 0 Å². The number of unbranched alkanes of at least 4 members (excludes halogenated alkanes) is 1. The summed E-state index contributed by atoms with van der Waals surface area (Å²) in [4.78, 5) is 14.1. The van der Waals surface area contributed by atoms with E-state index in [1.165, 1.54) is 5.56 Å². The molecule has 0 amide bonds. The summed E-state index contributed by atoms with van der Waals surface area (Å²) in [6, 6.07) is 13.9. The number of thiazole rings is 1. The molecular formula is C21H26N2O3S. The number of H-pyrrole nitrogens is 1. The van der Waals surface area contributed by atoms with Gasteiger partial charge in [-0.15, -0.1) is 0 Å². The van der Waals surface area contributed by atoms with Crippen LogP contribution in [0.25, 0.3) is 10.2 Å². The van der Waals surface area contributed by atoms with Crippen molar-refractivity contribution in [2.24, 2.45) is 0 Å². The maximum Gasteiger partial charge on any atom is 0.305 e. The summed E-state index contributed by atoms with van der Waals surface area (Å²) in [5.74, 6) is 0.132. The molecule has 144 valence electrons. The van der Waals surface area contributed by atoms with Gasteiger partial charge in [0, 0.05) is 6.61 Å². The third-order valence-corrected chi connectivity index (χ3v) is 5.44. The van der Waals surface area contributed by atoms with Gasteiger partial charge in [-0.1, -0.05) is 47.7 Å². The van der Waals surface area contributed by atoms with E-state index in [0.29, 0.717) is 5.52 Å². The molecule has 0 aliphatic carbocycles. The number of hydrogen-bond acceptors (Lipinski definition) is 5. The van der Waals surface area contributed by atoms with Crippen LogP contribution >= 0.6 is 11.3 Å². The molecule has 3 aromatic rings. The Morgan fingerprint density at radius 3 is 2.70 bits per heavy atom. The molecule has 1 heterocycles. The van der Waals surface area contributed by atoms with E-state index < -0.39 is 0 Å². The Morgan fingerprint density at radius 1 is 1.00 bits per heavy atom. The zero-order valence-electron chi connectivity index (χ0n) is 15.4. The molecule has 0 saturated carbocycles. The summed E-state index contributed by atoms with van der Waals surface area (Å²) in [6.07, 6.45) is 3.92. The van der Waals surface area contributed by atoms with Crippen molar-refractivity contribution >= 4 is 21.6 Å². The van der Waals surface area contributed by atoms with Gasteiger partial charge in [0.05, 0.1) is 11.3 Å². The third kappa shape index (κ3) is 5.92. The SMILES string of the molecule is O=c1[nH]c2c(O)ccc(CCNCCCCOCCc3ccccc3)c2s1. The van der Waals surface area contributed by atoms with E-state index in [1.807, 2.05) is 12.1 Å². The molecule has 1 aromatic heterocycles. The second kappa shape index (κ2) is 10.3. The molecule has 0 unspecified atom stereocenters. The number of ether oxygens (including phenoxy) is 1. The Kier molecular flexibility index (Phi) is 7.45. The predicted octanol–water partition coefficient (Wildman–Crippen LogP) is 3.47. The molecule has 0 fully saturated rings. The van der Waals surface area contributed by atoms with Crippen molar-refractivity contribution in [1.82, 2.24) is 10.3 Å². The van der Waals surface area contributed by atoms with Crippen molar-refractivity contribution in [3.8, 4) is 5.75 Å². The molecule has 6 heteroatoms. The fourth-order valence-corrected chi connectivity index (χ4v) is 3.91. The largest absolute Gasteiger partial charge is 0.506 e. The van der Waals surface area contributed by atoms with Crippen LogP contribution in [-0.4, -0.2) is 36.4 Å². The average Bonchev–Trinajstić information content (AvgIpc) is 3.08. The molecule has 0 aliphatic rings. The van der Waals surface area contributed by atoms with Crippen LogP contribution in [0.3, 0.4) is 0 Å². The smallest absolute Gasteiger partial charge is 0.305 e. The number of phenolic OH excluding ortho intramolecular Hbond substituents is 1. The highest BCUT2D eigenvalue weighted by Crippen LogP contribution is 2.27. The second-order valence-corrected chi connectivity index (χ2v) is 7.50. The Balaban J connectivity index is 1.26. The van der Waals surface area contributed by atoms with Gasteiger partial charge < -0.3 is 20.1 Å². The van der Waals surface area contributed by atoms with Crippen LogP contribution in [0.1, 0.15) is 24.0 Å². The van der Waals surface area contributed by atoms with E-state index in [9.17, 15) is 9.90 Å². The lowest BCUT2D eigenvalue weighted by Gasteiger charge is -2.07. The summed E-state index contributed by atoms with van der Waals surface area (Å²) in [7, 11) is 0. The van der Waals surface area contributed by atoms with Crippen LogP contribution in [-0.2, 0) is 17.6 Å². The molecular weight excluding hydrogens is 360 g/mol. The maximum absolute atomic E-state index is 11.5. The van der Waals surface area contributed by atoms with E-state index in [0.717, 1.165) is 73.6 Å². The Hall–Kier alpha value is -2.15. The lowest BCUT2D eigenvalue weighted by atomic mass is 10.1. The summed E-state index contributed by atoms with van der Waals surface area (Å²) in [5, 5.41) is 13.2. The standard InChI is InChI=1S/C21H26N2O3S/c24-18-9-8-17(20-19(18)23-21(25)27-20)10-13-22-12-4-5-14-26-15-11-16-6-2-1-3-7-16/h1-3,6-9,22,24H,4-5,10-15H2,(H,23,25). The summed E-state index contributed by atoms with van der Waals surface area (Å²) in [6.45, 7) is 3.37. The molecule has 0 atom stereocenters. The van der Waals surface area contributed by atoms with Crippen molar-refractivity contribution in [3.63, 3.8) is 0 Å². The lowest BCUT2D eigenvalue weighted by Crippen LogP contribution is -2.19. The summed E-state index contributed by atoms with van der Waals surface area (Å²) >= 11 is 1.16. The lowest BCUT2D eigenvalue weighted by molar-refractivity contribution is 0.133. The van der Waals surface area contributed by atoms with Crippen molar-refractivity contribution in [2.45, 2.75) is 25.7 Å². The molecule has 0 bridgehead atoms. The number of hydrogen-bond donors (Lipinski definition) is 3. The van der Waals surface area contributed by atoms with E-state index in [4.69, 9.17) is 4.74 Å². The van der Waals surface area contributed by atoms with Crippen LogP contribution in [0.2, 0.25) is 0 Å². The number of aromatic amines is 1. The van der Waals surface area contributed by atoms with Crippen molar-refractivity contribution in [2.75, 3.05) is 26.3 Å². The number of nitrogens with one attached hydrogen (secondary N) is 2. The zero-order chi connectivity index (χ0) is 18.9. The molecule has 5 nitrogen and oxygen atoms in total. The Bertz CT molecular complexity index is 889. The van der Waals surface area contributed by atoms with Crippen molar-refractivity contribution in [1.29, 1.82) is 0 Å². The van der Waals surface area contributed by atoms with Crippen LogP contribution in [0.4, 0.5) is 0 Å². The third-order valence-electron chi connectivity index (χ3n) is 4.48. The fourth-order valence-electron chi connectivity index (χ4n) is 3.01. The number of benzene rings is 2. The molecule has 0 radical (unpaired) electrons. The van der Waals surface area contributed by atoms with Crippen LogP contribution in [0.5, 0.6) is 5.75 Å². The van der Waals surface area contributed by atoms with Crippen LogP contribution in [0, 0.1) is 0 Å². The summed E-state index contributed by atoms with van der Waals surface area (Å²) < 4.78 is 6.55. The zero-order valence-corrected chi connectivity index (χ0v) is 16.2. The molecule has 2 aromatic carbocycles. The van der Waals surface area contributed by atoms with E-state index in [2.05, 4.69) is 34.6 Å². The van der Waals surface area contributed by atoms with Gasteiger partial charge in [-0.2, -0.15) is 0 Å². The Morgan fingerprint density at radius 2 is 1.85 bits per heavy atom. The quantitative estimate of drug-likeness (QED) is 0.441. The average molecular weight is 387 g/mol. The first-order valence-corrected chi connectivity index (χ1v) is 10.2. The monoisotopic (exact) mass is 386 g/mol. The van der Waals surface area contributed by atoms with Gasteiger partial charge in [0.1, 0.15) is 11.3 Å². The van der Waals surface area contributed by atoms with Crippen LogP contribution < -0.4 is 10.2 Å². The van der Waals surface area contributed by atoms with Gasteiger partial charge in [-0.3, -0.25) is 4.79 Å².